The molecule has 0 saturated carbocycles. The van der Waals surface area contributed by atoms with Crippen LogP contribution in [0.2, 0.25) is 0 Å². The molecule has 0 unspecified atom stereocenters. The van der Waals surface area contributed by atoms with Crippen molar-refractivity contribution in [2.24, 2.45) is 0 Å². The van der Waals surface area contributed by atoms with Gasteiger partial charge in [0.1, 0.15) is 0 Å². The number of unbranched alkanes of at least 4 members (excludes halogenated alkanes) is 2. The number of carbonyl (C=O) groups excluding carboxylic acids is 2. The van der Waals surface area contributed by atoms with Crippen LogP contribution in [0.1, 0.15) is 44.9 Å². The van der Waals surface area contributed by atoms with Gasteiger partial charge in [-0.15, -0.1) is 24.7 Å². The molecule has 19 heavy (non-hydrogen) atoms. The van der Waals surface area contributed by atoms with E-state index in [4.69, 9.17) is 12.8 Å². The van der Waals surface area contributed by atoms with Crippen molar-refractivity contribution in [1.29, 1.82) is 0 Å². The van der Waals surface area contributed by atoms with Crippen molar-refractivity contribution in [3.63, 3.8) is 0 Å². The Morgan fingerprint density at radius 2 is 1.21 bits per heavy atom. The van der Waals surface area contributed by atoms with Crippen molar-refractivity contribution in [2.75, 3.05) is 13.1 Å². The van der Waals surface area contributed by atoms with E-state index in [0.29, 0.717) is 38.8 Å². The number of rotatable bonds is 10. The smallest absolute Gasteiger partial charge is 0.220 e. The van der Waals surface area contributed by atoms with Gasteiger partial charge in [-0.3, -0.25) is 9.59 Å². The van der Waals surface area contributed by atoms with E-state index in [1.807, 2.05) is 0 Å². The first kappa shape index (κ1) is 17.1. The molecule has 0 saturated heterocycles. The predicted octanol–water partition coefficient (Wildman–Crippen LogP) is 1.22. The van der Waals surface area contributed by atoms with E-state index in [2.05, 4.69) is 22.5 Å². The zero-order valence-electron chi connectivity index (χ0n) is 11.3. The van der Waals surface area contributed by atoms with Gasteiger partial charge in [0, 0.05) is 38.8 Å². The molecule has 0 bridgehead atoms. The lowest BCUT2D eigenvalue weighted by Gasteiger charge is -2.05. The Morgan fingerprint density at radius 1 is 0.789 bits per heavy atom. The molecule has 0 aromatic carbocycles. The standard InChI is InChI=1S/C15H22N2O2/c1-3-5-10-14(18)16-12-8-7-9-13-17-15(19)11-6-4-2/h1-2H,5-13H2,(H,16,18)(H,17,19). The average molecular weight is 262 g/mol. The van der Waals surface area contributed by atoms with Crippen LogP contribution in [-0.2, 0) is 9.59 Å². The number of amides is 2. The number of nitrogens with one attached hydrogen (secondary N) is 2. The van der Waals surface area contributed by atoms with E-state index in [1.54, 1.807) is 0 Å². The summed E-state index contributed by atoms with van der Waals surface area (Å²) in [4.78, 5) is 22.4. The fourth-order valence-corrected chi connectivity index (χ4v) is 1.43. The number of hydrogen-bond donors (Lipinski definition) is 2. The van der Waals surface area contributed by atoms with E-state index in [1.165, 1.54) is 0 Å². The first-order valence-corrected chi connectivity index (χ1v) is 6.61. The Kier molecular flexibility index (Phi) is 11.2. The molecule has 4 nitrogen and oxygen atoms in total. The molecule has 0 spiro atoms. The van der Waals surface area contributed by atoms with Crippen molar-refractivity contribution in [3.05, 3.63) is 0 Å². The number of hydrogen-bond acceptors (Lipinski definition) is 2. The highest BCUT2D eigenvalue weighted by Crippen LogP contribution is 1.94. The molecule has 0 aromatic rings. The molecule has 0 aromatic heterocycles. The summed E-state index contributed by atoms with van der Waals surface area (Å²) in [5, 5.41) is 5.60. The lowest BCUT2D eigenvalue weighted by Crippen LogP contribution is -2.25. The van der Waals surface area contributed by atoms with Gasteiger partial charge >= 0.3 is 0 Å². The SMILES string of the molecule is C#CCCC(=O)NCCCCCNC(=O)CCC#C. The maximum absolute atomic E-state index is 11.2. The zero-order valence-corrected chi connectivity index (χ0v) is 11.3. The van der Waals surface area contributed by atoms with Crippen LogP contribution in [0.3, 0.4) is 0 Å². The van der Waals surface area contributed by atoms with Crippen LogP contribution in [0.15, 0.2) is 0 Å². The summed E-state index contributed by atoms with van der Waals surface area (Å²) < 4.78 is 0. The molecule has 2 N–H and O–H groups in total. The third-order valence-electron chi connectivity index (χ3n) is 2.49. The highest BCUT2D eigenvalue weighted by molar-refractivity contribution is 5.76. The van der Waals surface area contributed by atoms with Crippen molar-refractivity contribution in [1.82, 2.24) is 10.6 Å². The first-order chi connectivity index (χ1) is 9.20. The maximum atomic E-state index is 11.2. The van der Waals surface area contributed by atoms with Gasteiger partial charge in [0.25, 0.3) is 0 Å². The summed E-state index contributed by atoms with van der Waals surface area (Å²) in [5.74, 6) is 4.86. The quantitative estimate of drug-likeness (QED) is 0.459. The third-order valence-corrected chi connectivity index (χ3v) is 2.49. The molecule has 0 aliphatic rings. The minimum atomic E-state index is 0.000498. The molecule has 0 radical (unpaired) electrons. The fourth-order valence-electron chi connectivity index (χ4n) is 1.43. The van der Waals surface area contributed by atoms with Crippen LogP contribution >= 0.6 is 0 Å². The Hall–Kier alpha value is -1.94. The van der Waals surface area contributed by atoms with E-state index < -0.39 is 0 Å². The fraction of sp³-hybridized carbons (Fsp3) is 0.600. The normalized spacial score (nSPS) is 9.16. The largest absolute Gasteiger partial charge is 0.356 e. The number of terminal acetylenes is 2. The van der Waals surface area contributed by atoms with Crippen LogP contribution < -0.4 is 10.6 Å². The molecule has 0 atom stereocenters. The molecule has 0 aliphatic carbocycles. The molecule has 0 heterocycles. The second-order valence-electron chi connectivity index (χ2n) is 4.17. The topological polar surface area (TPSA) is 58.2 Å². The highest BCUT2D eigenvalue weighted by atomic mass is 16.2. The van der Waals surface area contributed by atoms with Crippen LogP contribution in [0.4, 0.5) is 0 Å². The molecule has 2 amide bonds. The first-order valence-electron chi connectivity index (χ1n) is 6.61. The van der Waals surface area contributed by atoms with Crippen LogP contribution in [-0.4, -0.2) is 24.9 Å². The highest BCUT2D eigenvalue weighted by Gasteiger charge is 2.00. The van der Waals surface area contributed by atoms with Crippen LogP contribution in [0, 0.1) is 24.7 Å². The van der Waals surface area contributed by atoms with Crippen molar-refractivity contribution in [3.8, 4) is 24.7 Å². The Balaban J connectivity index is 3.28. The van der Waals surface area contributed by atoms with Gasteiger partial charge in [0.15, 0.2) is 0 Å². The van der Waals surface area contributed by atoms with Gasteiger partial charge < -0.3 is 10.6 Å². The lowest BCUT2D eigenvalue weighted by molar-refractivity contribution is -0.121. The molecular formula is C15H22N2O2. The monoisotopic (exact) mass is 262 g/mol. The summed E-state index contributed by atoms with van der Waals surface area (Å²) in [6.45, 7) is 1.32. The second-order valence-corrected chi connectivity index (χ2v) is 4.17. The van der Waals surface area contributed by atoms with E-state index in [0.717, 1.165) is 19.3 Å². The van der Waals surface area contributed by atoms with Crippen molar-refractivity contribution in [2.45, 2.75) is 44.9 Å². The number of carbonyl (C=O) groups is 2. The van der Waals surface area contributed by atoms with Gasteiger partial charge in [0.05, 0.1) is 0 Å². The molecule has 0 rings (SSSR count). The van der Waals surface area contributed by atoms with E-state index >= 15 is 0 Å². The Morgan fingerprint density at radius 3 is 1.58 bits per heavy atom. The summed E-state index contributed by atoms with van der Waals surface area (Å²) >= 11 is 0. The summed E-state index contributed by atoms with van der Waals surface area (Å²) in [6.07, 6.45) is 14.6. The molecule has 0 fully saturated rings. The maximum Gasteiger partial charge on any atom is 0.220 e. The van der Waals surface area contributed by atoms with Crippen molar-refractivity contribution < 1.29 is 9.59 Å². The van der Waals surface area contributed by atoms with Gasteiger partial charge in [-0.1, -0.05) is 0 Å². The van der Waals surface area contributed by atoms with Gasteiger partial charge in [0.2, 0.25) is 11.8 Å². The summed E-state index contributed by atoms with van der Waals surface area (Å²) in [5.41, 5.74) is 0. The Bertz CT molecular complexity index is 316. The van der Waals surface area contributed by atoms with E-state index in [-0.39, 0.29) is 11.8 Å². The van der Waals surface area contributed by atoms with Crippen LogP contribution in [0.5, 0.6) is 0 Å². The Labute approximate surface area is 115 Å². The van der Waals surface area contributed by atoms with Crippen LogP contribution in [0.25, 0.3) is 0 Å². The second kappa shape index (κ2) is 12.5. The summed E-state index contributed by atoms with van der Waals surface area (Å²) in [7, 11) is 0. The minimum Gasteiger partial charge on any atom is -0.356 e. The van der Waals surface area contributed by atoms with Crippen molar-refractivity contribution >= 4 is 11.8 Å². The van der Waals surface area contributed by atoms with Gasteiger partial charge in [-0.25, -0.2) is 0 Å². The van der Waals surface area contributed by atoms with E-state index in [9.17, 15) is 9.59 Å². The predicted molar refractivity (Wildman–Crippen MR) is 76.0 cm³/mol. The molecular weight excluding hydrogens is 240 g/mol. The molecule has 104 valence electrons. The lowest BCUT2D eigenvalue weighted by atomic mass is 10.2. The third kappa shape index (κ3) is 12.3. The average Bonchev–Trinajstić information content (AvgIpc) is 2.41. The zero-order chi connectivity index (χ0) is 14.3. The van der Waals surface area contributed by atoms with Gasteiger partial charge in [-0.2, -0.15) is 0 Å². The molecule has 0 aliphatic heterocycles. The molecule has 4 heteroatoms. The summed E-state index contributed by atoms with van der Waals surface area (Å²) in [6, 6.07) is 0. The minimum absolute atomic E-state index is 0.000498. The van der Waals surface area contributed by atoms with Gasteiger partial charge in [-0.05, 0) is 19.3 Å².